The van der Waals surface area contributed by atoms with Crippen LogP contribution in [0.1, 0.15) is 23.8 Å². The lowest BCUT2D eigenvalue weighted by Crippen LogP contribution is -2.34. The second-order valence-electron chi connectivity index (χ2n) is 5.50. The van der Waals surface area contributed by atoms with Gasteiger partial charge in [-0.25, -0.2) is 0 Å². The first-order valence-electron chi connectivity index (χ1n) is 6.30. The standard InChI is InChI=1S/C14H22ClNSSi/c1-18(2,3)13(9-5-4-6-10-15)14(16)12-8-7-11-17-12/h7-8,11,13-14H,4,6,10,16H2,1-3H3/t13-,14-/m0/s1. The molecule has 0 unspecified atom stereocenters. The molecule has 0 aromatic carbocycles. The van der Waals surface area contributed by atoms with Gasteiger partial charge in [-0.05, 0) is 17.9 Å². The molecule has 1 heterocycles. The van der Waals surface area contributed by atoms with E-state index >= 15 is 0 Å². The molecule has 0 bridgehead atoms. The van der Waals surface area contributed by atoms with E-state index in [9.17, 15) is 0 Å². The van der Waals surface area contributed by atoms with Crippen LogP contribution in [0.2, 0.25) is 25.2 Å². The first-order valence-corrected chi connectivity index (χ1v) is 11.3. The average molecular weight is 300 g/mol. The lowest BCUT2D eigenvalue weighted by molar-refractivity contribution is 0.746. The molecule has 0 saturated heterocycles. The van der Waals surface area contributed by atoms with Crippen molar-refractivity contribution >= 4 is 31.0 Å². The molecular formula is C14H22ClNSSi. The third-order valence-corrected chi connectivity index (χ3v) is 6.47. The number of thiophene rings is 1. The monoisotopic (exact) mass is 299 g/mol. The van der Waals surface area contributed by atoms with E-state index in [2.05, 4.69) is 49.0 Å². The van der Waals surface area contributed by atoms with E-state index in [1.807, 2.05) is 0 Å². The van der Waals surface area contributed by atoms with Crippen LogP contribution in [0.25, 0.3) is 0 Å². The van der Waals surface area contributed by atoms with E-state index in [-0.39, 0.29) is 6.04 Å². The summed E-state index contributed by atoms with van der Waals surface area (Å²) in [6, 6.07) is 4.23. The topological polar surface area (TPSA) is 26.0 Å². The number of halogens is 1. The first-order chi connectivity index (χ1) is 8.46. The van der Waals surface area contributed by atoms with Gasteiger partial charge in [0, 0.05) is 22.7 Å². The van der Waals surface area contributed by atoms with Gasteiger partial charge in [0.1, 0.15) is 0 Å². The Kier molecular flexibility index (Phi) is 6.44. The van der Waals surface area contributed by atoms with Crippen molar-refractivity contribution in [3.63, 3.8) is 0 Å². The molecular weight excluding hydrogens is 278 g/mol. The van der Waals surface area contributed by atoms with E-state index in [1.165, 1.54) is 4.88 Å². The van der Waals surface area contributed by atoms with Crippen LogP contribution >= 0.6 is 22.9 Å². The van der Waals surface area contributed by atoms with Crippen LogP contribution in [-0.2, 0) is 0 Å². The highest BCUT2D eigenvalue weighted by Gasteiger charge is 2.31. The Morgan fingerprint density at radius 3 is 2.67 bits per heavy atom. The molecule has 0 amide bonds. The van der Waals surface area contributed by atoms with Gasteiger partial charge in [0.05, 0.1) is 14.1 Å². The maximum Gasteiger partial charge on any atom is 0.0637 e. The highest BCUT2D eigenvalue weighted by molar-refractivity contribution is 7.10. The summed E-state index contributed by atoms with van der Waals surface area (Å²) in [6.07, 6.45) is 1.84. The normalized spacial score (nSPS) is 14.7. The maximum atomic E-state index is 6.40. The Morgan fingerprint density at radius 1 is 1.44 bits per heavy atom. The average Bonchev–Trinajstić information content (AvgIpc) is 2.80. The van der Waals surface area contributed by atoms with Crippen LogP contribution in [0.5, 0.6) is 0 Å². The van der Waals surface area contributed by atoms with Crippen LogP contribution in [0.4, 0.5) is 0 Å². The highest BCUT2D eigenvalue weighted by Crippen LogP contribution is 2.34. The Bertz CT molecular complexity index is 400. The lowest BCUT2D eigenvalue weighted by atomic mass is 10.1. The van der Waals surface area contributed by atoms with Gasteiger partial charge in [-0.2, -0.15) is 0 Å². The van der Waals surface area contributed by atoms with Crippen molar-refractivity contribution in [2.45, 2.75) is 44.1 Å². The smallest absolute Gasteiger partial charge is 0.0637 e. The Labute approximate surface area is 121 Å². The molecule has 4 heteroatoms. The third kappa shape index (κ3) is 4.77. The summed E-state index contributed by atoms with van der Waals surface area (Å²) in [5, 5.41) is 2.08. The fourth-order valence-corrected chi connectivity index (χ4v) is 4.64. The lowest BCUT2D eigenvalue weighted by Gasteiger charge is -2.29. The zero-order valence-electron chi connectivity index (χ0n) is 11.4. The molecule has 0 aliphatic carbocycles. The van der Waals surface area contributed by atoms with Crippen LogP contribution in [0.15, 0.2) is 17.5 Å². The van der Waals surface area contributed by atoms with Crippen molar-refractivity contribution in [2.24, 2.45) is 5.73 Å². The summed E-state index contributed by atoms with van der Waals surface area (Å²) in [5.41, 5.74) is 6.71. The fourth-order valence-electron chi connectivity index (χ4n) is 1.83. The number of unbranched alkanes of at least 4 members (excludes halogenated alkanes) is 1. The molecule has 0 saturated carbocycles. The number of rotatable bonds is 5. The van der Waals surface area contributed by atoms with E-state index in [1.54, 1.807) is 11.3 Å². The molecule has 2 atom stereocenters. The third-order valence-electron chi connectivity index (χ3n) is 2.86. The second kappa shape index (κ2) is 7.35. The second-order valence-corrected chi connectivity index (χ2v) is 12.2. The number of nitrogens with two attached hydrogens (primary N) is 1. The molecule has 0 radical (unpaired) electrons. The molecule has 0 aliphatic heterocycles. The van der Waals surface area contributed by atoms with Crippen LogP contribution in [-0.4, -0.2) is 14.0 Å². The quantitative estimate of drug-likeness (QED) is 0.369. The van der Waals surface area contributed by atoms with Crippen molar-refractivity contribution in [1.29, 1.82) is 0 Å². The minimum atomic E-state index is -1.39. The maximum absolute atomic E-state index is 6.40. The molecule has 1 rings (SSSR count). The Morgan fingerprint density at radius 2 is 2.17 bits per heavy atom. The predicted molar refractivity (Wildman–Crippen MR) is 86.1 cm³/mol. The fraction of sp³-hybridized carbons (Fsp3) is 0.571. The van der Waals surface area contributed by atoms with Gasteiger partial charge in [-0.1, -0.05) is 25.7 Å². The Balaban J connectivity index is 2.81. The van der Waals surface area contributed by atoms with Crippen molar-refractivity contribution in [3.05, 3.63) is 22.4 Å². The number of alkyl halides is 1. The van der Waals surface area contributed by atoms with Crippen molar-refractivity contribution in [1.82, 2.24) is 0 Å². The molecule has 0 fully saturated rings. The van der Waals surface area contributed by atoms with Gasteiger partial charge in [0.2, 0.25) is 0 Å². The first kappa shape index (κ1) is 15.8. The molecule has 0 spiro atoms. The van der Waals surface area contributed by atoms with E-state index in [0.29, 0.717) is 11.4 Å². The van der Waals surface area contributed by atoms with Gasteiger partial charge < -0.3 is 5.73 Å². The van der Waals surface area contributed by atoms with E-state index in [0.717, 1.165) is 12.8 Å². The summed E-state index contributed by atoms with van der Waals surface area (Å²) in [5.74, 6) is 7.36. The minimum Gasteiger partial charge on any atom is -0.323 e. The van der Waals surface area contributed by atoms with Gasteiger partial charge in [-0.15, -0.1) is 34.8 Å². The van der Waals surface area contributed by atoms with Gasteiger partial charge >= 0.3 is 0 Å². The minimum absolute atomic E-state index is 0.0557. The summed E-state index contributed by atoms with van der Waals surface area (Å²) >= 11 is 7.40. The molecule has 18 heavy (non-hydrogen) atoms. The van der Waals surface area contributed by atoms with Crippen molar-refractivity contribution < 1.29 is 0 Å². The number of hydrogen-bond acceptors (Lipinski definition) is 2. The molecule has 0 aliphatic rings. The largest absolute Gasteiger partial charge is 0.323 e. The molecule has 1 nitrogen and oxygen atoms in total. The molecule has 100 valence electrons. The molecule has 1 aromatic heterocycles. The van der Waals surface area contributed by atoms with Crippen molar-refractivity contribution in [2.75, 3.05) is 5.88 Å². The Hall–Kier alpha value is -0.273. The zero-order valence-corrected chi connectivity index (χ0v) is 13.9. The predicted octanol–water partition coefficient (Wildman–Crippen LogP) is 4.48. The van der Waals surface area contributed by atoms with Crippen LogP contribution < -0.4 is 5.73 Å². The van der Waals surface area contributed by atoms with Crippen molar-refractivity contribution in [3.8, 4) is 11.8 Å². The van der Waals surface area contributed by atoms with Crippen LogP contribution in [0, 0.1) is 11.8 Å². The van der Waals surface area contributed by atoms with Gasteiger partial charge in [0.15, 0.2) is 0 Å². The summed E-state index contributed by atoms with van der Waals surface area (Å²) in [4.78, 5) is 1.24. The summed E-state index contributed by atoms with van der Waals surface area (Å²) in [6.45, 7) is 7.00. The van der Waals surface area contributed by atoms with E-state index < -0.39 is 8.07 Å². The SMILES string of the molecule is C[Si](C)(C)[C@@H](C#CCCCCl)[C@@H](N)c1cccs1. The molecule has 2 N–H and O–H groups in total. The zero-order chi connectivity index (χ0) is 13.6. The van der Waals surface area contributed by atoms with Gasteiger partial charge in [-0.3, -0.25) is 0 Å². The number of hydrogen-bond donors (Lipinski definition) is 1. The van der Waals surface area contributed by atoms with Gasteiger partial charge in [0.25, 0.3) is 0 Å². The summed E-state index contributed by atoms with van der Waals surface area (Å²) in [7, 11) is -1.39. The van der Waals surface area contributed by atoms with E-state index in [4.69, 9.17) is 17.3 Å². The van der Waals surface area contributed by atoms with Crippen LogP contribution in [0.3, 0.4) is 0 Å². The molecule has 1 aromatic rings. The summed E-state index contributed by atoms with van der Waals surface area (Å²) < 4.78 is 0. The highest BCUT2D eigenvalue weighted by atomic mass is 35.5.